The van der Waals surface area contributed by atoms with Gasteiger partial charge in [0.25, 0.3) is 0 Å². The SMILES string of the molecule is O=[N+]([O-])c1ccc(CNCC2CC(O)C2)o1. The van der Waals surface area contributed by atoms with Gasteiger partial charge in [0.1, 0.15) is 10.7 Å². The molecule has 16 heavy (non-hydrogen) atoms. The summed E-state index contributed by atoms with van der Waals surface area (Å²) >= 11 is 0. The minimum Gasteiger partial charge on any atom is -0.404 e. The molecule has 2 rings (SSSR count). The van der Waals surface area contributed by atoms with Crippen LogP contribution in [0.4, 0.5) is 5.88 Å². The van der Waals surface area contributed by atoms with Crippen LogP contribution >= 0.6 is 0 Å². The molecule has 1 aliphatic rings. The number of nitro groups is 1. The Labute approximate surface area is 92.4 Å². The first-order valence-corrected chi connectivity index (χ1v) is 5.27. The molecule has 0 bridgehead atoms. The molecule has 2 N–H and O–H groups in total. The zero-order chi connectivity index (χ0) is 11.5. The number of rotatable bonds is 5. The Morgan fingerprint density at radius 2 is 2.31 bits per heavy atom. The van der Waals surface area contributed by atoms with Crippen molar-refractivity contribution in [2.45, 2.75) is 25.5 Å². The molecule has 88 valence electrons. The van der Waals surface area contributed by atoms with Gasteiger partial charge in [-0.25, -0.2) is 0 Å². The van der Waals surface area contributed by atoms with Gasteiger partial charge in [0, 0.05) is 0 Å². The number of aliphatic hydroxyl groups is 1. The van der Waals surface area contributed by atoms with E-state index >= 15 is 0 Å². The number of nitrogens with zero attached hydrogens (tertiary/aromatic N) is 1. The third-order valence-electron chi connectivity index (χ3n) is 2.77. The van der Waals surface area contributed by atoms with Gasteiger partial charge in [0.15, 0.2) is 0 Å². The minimum atomic E-state index is -0.550. The lowest BCUT2D eigenvalue weighted by Gasteiger charge is -2.31. The van der Waals surface area contributed by atoms with Gasteiger partial charge in [-0.15, -0.1) is 0 Å². The maximum atomic E-state index is 10.4. The van der Waals surface area contributed by atoms with Crippen LogP contribution in [0.25, 0.3) is 0 Å². The van der Waals surface area contributed by atoms with E-state index in [0.29, 0.717) is 18.2 Å². The molecule has 0 unspecified atom stereocenters. The molecule has 6 nitrogen and oxygen atoms in total. The minimum absolute atomic E-state index is 0.142. The van der Waals surface area contributed by atoms with Gasteiger partial charge in [-0.2, -0.15) is 0 Å². The fourth-order valence-electron chi connectivity index (χ4n) is 1.83. The standard InChI is InChI=1S/C10H14N2O4/c13-8-3-7(4-8)5-11-6-9-1-2-10(16-9)12(14)15/h1-2,7-8,11,13H,3-6H2. The molecule has 0 saturated heterocycles. The third-order valence-corrected chi connectivity index (χ3v) is 2.77. The summed E-state index contributed by atoms with van der Waals surface area (Å²) in [6.45, 7) is 1.30. The van der Waals surface area contributed by atoms with Crippen LogP contribution in [-0.4, -0.2) is 22.7 Å². The number of aliphatic hydroxyl groups excluding tert-OH is 1. The Morgan fingerprint density at radius 3 is 2.88 bits per heavy atom. The summed E-state index contributed by atoms with van der Waals surface area (Å²) in [5.74, 6) is 0.849. The molecule has 0 spiro atoms. The van der Waals surface area contributed by atoms with E-state index in [1.807, 2.05) is 0 Å². The Kier molecular flexibility index (Phi) is 3.21. The molecule has 0 aromatic carbocycles. The molecule has 0 radical (unpaired) electrons. The Bertz CT molecular complexity index is 371. The Hall–Kier alpha value is -1.40. The summed E-state index contributed by atoms with van der Waals surface area (Å²) < 4.78 is 4.99. The van der Waals surface area contributed by atoms with Crippen molar-refractivity contribution in [3.8, 4) is 0 Å². The lowest BCUT2D eigenvalue weighted by molar-refractivity contribution is -0.402. The molecule has 0 aliphatic heterocycles. The predicted octanol–water partition coefficient (Wildman–Crippen LogP) is 1.05. The van der Waals surface area contributed by atoms with Crippen LogP contribution in [0.15, 0.2) is 16.5 Å². The van der Waals surface area contributed by atoms with Gasteiger partial charge in [-0.1, -0.05) is 0 Å². The number of nitrogens with one attached hydrogen (secondary N) is 1. The second-order valence-corrected chi connectivity index (χ2v) is 4.12. The molecule has 1 saturated carbocycles. The highest BCUT2D eigenvalue weighted by molar-refractivity contribution is 5.17. The summed E-state index contributed by atoms with van der Waals surface area (Å²) in [5.41, 5.74) is 0. The summed E-state index contributed by atoms with van der Waals surface area (Å²) in [4.78, 5) is 9.80. The normalized spacial score (nSPS) is 24.1. The van der Waals surface area contributed by atoms with E-state index in [1.54, 1.807) is 6.07 Å². The number of hydrogen-bond donors (Lipinski definition) is 2. The van der Waals surface area contributed by atoms with Gasteiger partial charge in [-0.05, 0) is 31.4 Å². The van der Waals surface area contributed by atoms with Gasteiger partial charge in [-0.3, -0.25) is 10.1 Å². The molecule has 0 amide bonds. The van der Waals surface area contributed by atoms with Crippen LogP contribution in [0.5, 0.6) is 0 Å². The first-order chi connectivity index (χ1) is 7.65. The van der Waals surface area contributed by atoms with Gasteiger partial charge in [0.05, 0.1) is 18.7 Å². The van der Waals surface area contributed by atoms with Crippen molar-refractivity contribution in [1.29, 1.82) is 0 Å². The fourth-order valence-corrected chi connectivity index (χ4v) is 1.83. The van der Waals surface area contributed by atoms with Crippen molar-refractivity contribution >= 4 is 5.88 Å². The van der Waals surface area contributed by atoms with Gasteiger partial charge in [0.2, 0.25) is 0 Å². The van der Waals surface area contributed by atoms with Gasteiger partial charge >= 0.3 is 5.88 Å². The molecule has 1 aliphatic carbocycles. The summed E-state index contributed by atoms with van der Waals surface area (Å²) in [7, 11) is 0. The van der Waals surface area contributed by atoms with Crippen molar-refractivity contribution in [3.63, 3.8) is 0 Å². The zero-order valence-corrected chi connectivity index (χ0v) is 8.76. The van der Waals surface area contributed by atoms with Crippen LogP contribution in [0.2, 0.25) is 0 Å². The molecule has 0 atom stereocenters. The van der Waals surface area contributed by atoms with Crippen molar-refractivity contribution in [1.82, 2.24) is 5.32 Å². The van der Waals surface area contributed by atoms with Gasteiger partial charge < -0.3 is 14.8 Å². The average Bonchev–Trinajstić information content (AvgIpc) is 2.63. The predicted molar refractivity (Wildman–Crippen MR) is 55.8 cm³/mol. The molecule has 1 aromatic heterocycles. The van der Waals surface area contributed by atoms with Crippen LogP contribution < -0.4 is 5.32 Å². The average molecular weight is 226 g/mol. The molecule has 1 fully saturated rings. The van der Waals surface area contributed by atoms with Crippen LogP contribution in [0.1, 0.15) is 18.6 Å². The quantitative estimate of drug-likeness (QED) is 0.578. The molecular formula is C10H14N2O4. The van der Waals surface area contributed by atoms with E-state index in [0.717, 1.165) is 19.4 Å². The highest BCUT2D eigenvalue weighted by Gasteiger charge is 2.26. The second kappa shape index (κ2) is 4.63. The molecule has 1 heterocycles. The van der Waals surface area contributed by atoms with Crippen molar-refractivity contribution in [2.75, 3.05) is 6.54 Å². The highest BCUT2D eigenvalue weighted by atomic mass is 16.6. The number of furan rings is 1. The summed E-state index contributed by atoms with van der Waals surface area (Å²) in [6.07, 6.45) is 1.54. The largest absolute Gasteiger partial charge is 0.433 e. The maximum absolute atomic E-state index is 10.4. The molecule has 6 heteroatoms. The summed E-state index contributed by atoms with van der Waals surface area (Å²) in [6, 6.07) is 2.95. The summed E-state index contributed by atoms with van der Waals surface area (Å²) in [5, 5.41) is 22.6. The van der Waals surface area contributed by atoms with E-state index in [1.165, 1.54) is 6.07 Å². The number of hydrogen-bond acceptors (Lipinski definition) is 5. The van der Waals surface area contributed by atoms with Crippen LogP contribution in [-0.2, 0) is 6.54 Å². The fraction of sp³-hybridized carbons (Fsp3) is 0.600. The second-order valence-electron chi connectivity index (χ2n) is 4.12. The van der Waals surface area contributed by atoms with E-state index in [4.69, 9.17) is 9.52 Å². The lowest BCUT2D eigenvalue weighted by Crippen LogP contribution is -2.35. The van der Waals surface area contributed by atoms with Crippen molar-refractivity contribution in [3.05, 3.63) is 28.0 Å². The molecular weight excluding hydrogens is 212 g/mol. The Morgan fingerprint density at radius 1 is 1.56 bits per heavy atom. The highest BCUT2D eigenvalue weighted by Crippen LogP contribution is 2.26. The van der Waals surface area contributed by atoms with Crippen molar-refractivity contribution in [2.24, 2.45) is 5.92 Å². The lowest BCUT2D eigenvalue weighted by atomic mass is 9.82. The zero-order valence-electron chi connectivity index (χ0n) is 8.76. The first kappa shape index (κ1) is 11.1. The Balaban J connectivity index is 1.70. The van der Waals surface area contributed by atoms with Crippen LogP contribution in [0.3, 0.4) is 0 Å². The van der Waals surface area contributed by atoms with Crippen molar-refractivity contribution < 1.29 is 14.4 Å². The van der Waals surface area contributed by atoms with E-state index in [9.17, 15) is 10.1 Å². The van der Waals surface area contributed by atoms with E-state index in [-0.39, 0.29) is 12.0 Å². The first-order valence-electron chi connectivity index (χ1n) is 5.27. The topological polar surface area (TPSA) is 88.5 Å². The van der Waals surface area contributed by atoms with E-state index < -0.39 is 4.92 Å². The maximum Gasteiger partial charge on any atom is 0.433 e. The smallest absolute Gasteiger partial charge is 0.404 e. The molecule has 1 aromatic rings. The van der Waals surface area contributed by atoms with E-state index in [2.05, 4.69) is 5.32 Å². The monoisotopic (exact) mass is 226 g/mol. The third kappa shape index (κ3) is 2.59. The van der Waals surface area contributed by atoms with Crippen LogP contribution in [0, 0.1) is 16.0 Å².